The van der Waals surface area contributed by atoms with Crippen LogP contribution in [0, 0.1) is 6.92 Å². The van der Waals surface area contributed by atoms with Crippen LogP contribution in [0.25, 0.3) is 21.9 Å². The number of piperazine rings is 1. The SMILES string of the molecule is Cc1ccc(-c2ccc(C(=O)N3Cc4ccc(C(=O)N5CCN(CCCN(C)C)CC5)n4Cc4ccccc43)cc2)c2ccccc12. The van der Waals surface area contributed by atoms with Gasteiger partial charge in [0, 0.05) is 43.1 Å². The molecule has 0 atom stereocenters. The lowest BCUT2D eigenvalue weighted by atomic mass is 9.95. The average molecular weight is 626 g/mol. The van der Waals surface area contributed by atoms with Crippen molar-refractivity contribution < 1.29 is 9.59 Å². The van der Waals surface area contributed by atoms with Crippen molar-refractivity contribution in [1.82, 2.24) is 19.3 Å². The summed E-state index contributed by atoms with van der Waals surface area (Å²) in [6, 6.07) is 32.8. The Morgan fingerprint density at radius 3 is 2.21 bits per heavy atom. The molecule has 47 heavy (non-hydrogen) atoms. The molecule has 7 heteroatoms. The molecule has 4 aromatic carbocycles. The van der Waals surface area contributed by atoms with Gasteiger partial charge in [-0.1, -0.05) is 66.7 Å². The molecule has 1 aromatic heterocycles. The molecular formula is C40H43N5O2. The summed E-state index contributed by atoms with van der Waals surface area (Å²) in [5.41, 5.74) is 7.70. The molecule has 0 aliphatic carbocycles. The first-order valence-electron chi connectivity index (χ1n) is 16.7. The molecule has 2 aliphatic heterocycles. The lowest BCUT2D eigenvalue weighted by Gasteiger charge is -2.35. The van der Waals surface area contributed by atoms with Gasteiger partial charge >= 0.3 is 0 Å². The molecule has 0 spiro atoms. The van der Waals surface area contributed by atoms with Crippen molar-refractivity contribution in [1.29, 1.82) is 0 Å². The summed E-state index contributed by atoms with van der Waals surface area (Å²) < 4.78 is 2.11. The van der Waals surface area contributed by atoms with E-state index in [9.17, 15) is 9.59 Å². The zero-order chi connectivity index (χ0) is 32.5. The summed E-state index contributed by atoms with van der Waals surface area (Å²) in [4.78, 5) is 36.6. The highest BCUT2D eigenvalue weighted by atomic mass is 16.2. The normalized spacial score (nSPS) is 15.1. The molecule has 2 amide bonds. The van der Waals surface area contributed by atoms with Crippen LogP contribution in [-0.2, 0) is 13.1 Å². The number of anilines is 1. The first-order chi connectivity index (χ1) is 22.9. The third-order valence-electron chi connectivity index (χ3n) is 9.79. The van der Waals surface area contributed by atoms with E-state index in [4.69, 9.17) is 0 Å². The number of aromatic nitrogens is 1. The van der Waals surface area contributed by atoms with Crippen LogP contribution in [0.4, 0.5) is 5.69 Å². The Hall–Kier alpha value is -4.72. The van der Waals surface area contributed by atoms with E-state index in [0.29, 0.717) is 24.3 Å². The van der Waals surface area contributed by atoms with Crippen LogP contribution in [-0.4, -0.2) is 84.4 Å². The van der Waals surface area contributed by atoms with Crippen LogP contribution >= 0.6 is 0 Å². The Balaban J connectivity index is 1.11. The van der Waals surface area contributed by atoms with E-state index in [1.54, 1.807) is 0 Å². The molecule has 0 radical (unpaired) electrons. The zero-order valence-corrected chi connectivity index (χ0v) is 27.7. The Morgan fingerprint density at radius 1 is 0.723 bits per heavy atom. The molecule has 1 saturated heterocycles. The van der Waals surface area contributed by atoms with E-state index < -0.39 is 0 Å². The van der Waals surface area contributed by atoms with Gasteiger partial charge in [-0.05, 0) is 104 Å². The first-order valence-corrected chi connectivity index (χ1v) is 16.7. The van der Waals surface area contributed by atoms with E-state index in [0.717, 1.165) is 73.8 Å². The van der Waals surface area contributed by atoms with Crippen LogP contribution in [0.2, 0.25) is 0 Å². The number of carbonyl (C=O) groups excluding carboxylic acids is 2. The molecule has 0 N–H and O–H groups in total. The largest absolute Gasteiger partial charge is 0.335 e. The van der Waals surface area contributed by atoms with E-state index >= 15 is 0 Å². The molecule has 240 valence electrons. The van der Waals surface area contributed by atoms with Crippen molar-refractivity contribution >= 4 is 28.3 Å². The maximum absolute atomic E-state index is 14.2. The average Bonchev–Trinajstić information content (AvgIpc) is 3.41. The smallest absolute Gasteiger partial charge is 0.270 e. The number of para-hydroxylation sites is 1. The Kier molecular flexibility index (Phi) is 8.67. The third kappa shape index (κ3) is 6.21. The van der Waals surface area contributed by atoms with E-state index in [1.165, 1.54) is 16.3 Å². The monoisotopic (exact) mass is 625 g/mol. The summed E-state index contributed by atoms with van der Waals surface area (Å²) in [5.74, 6) is 0.0198. The van der Waals surface area contributed by atoms with Crippen molar-refractivity contribution in [3.8, 4) is 11.1 Å². The quantitative estimate of drug-likeness (QED) is 0.206. The van der Waals surface area contributed by atoms with Crippen LogP contribution < -0.4 is 4.90 Å². The molecule has 5 aromatic rings. The minimum Gasteiger partial charge on any atom is -0.335 e. The maximum atomic E-state index is 14.2. The van der Waals surface area contributed by atoms with Gasteiger partial charge in [0.25, 0.3) is 11.8 Å². The summed E-state index contributed by atoms with van der Waals surface area (Å²) in [7, 11) is 4.21. The number of aryl methyl sites for hydroxylation is 1. The fraction of sp³-hybridized carbons (Fsp3) is 0.300. The lowest BCUT2D eigenvalue weighted by Crippen LogP contribution is -2.49. The molecule has 0 unspecified atom stereocenters. The molecule has 7 rings (SSSR count). The summed E-state index contributed by atoms with van der Waals surface area (Å²) >= 11 is 0. The number of fused-ring (bicyclic) bond motifs is 3. The second kappa shape index (κ2) is 13.2. The van der Waals surface area contributed by atoms with Crippen LogP contribution in [0.15, 0.2) is 97.1 Å². The van der Waals surface area contributed by atoms with Crippen molar-refractivity contribution in [2.75, 3.05) is 58.3 Å². The van der Waals surface area contributed by atoms with Gasteiger partial charge in [-0.25, -0.2) is 0 Å². The minimum atomic E-state index is -0.0503. The number of carbonyl (C=O) groups is 2. The minimum absolute atomic E-state index is 0.0503. The number of nitrogens with zero attached hydrogens (tertiary/aromatic N) is 5. The predicted octanol–water partition coefficient (Wildman–Crippen LogP) is 6.53. The van der Waals surface area contributed by atoms with Gasteiger partial charge in [0.15, 0.2) is 0 Å². The van der Waals surface area contributed by atoms with Crippen molar-refractivity contribution in [3.05, 3.63) is 125 Å². The molecule has 1 fully saturated rings. The standard InChI is InChI=1S/C40H43N5O2/c1-29-13-19-35(36-11-6-5-10-34(29)36)30-14-16-31(17-15-30)39(46)45-28-33-18-20-38(44(33)27-32-9-4-7-12-37(32)45)40(47)43-25-23-42(24-26-43)22-8-21-41(2)3/h4-7,9-20H,8,21-28H2,1-3H3. The van der Waals surface area contributed by atoms with Gasteiger partial charge in [-0.2, -0.15) is 0 Å². The van der Waals surface area contributed by atoms with Gasteiger partial charge in [0.1, 0.15) is 5.69 Å². The second-order valence-corrected chi connectivity index (χ2v) is 13.2. The number of hydrogen-bond donors (Lipinski definition) is 0. The number of hydrogen-bond acceptors (Lipinski definition) is 4. The third-order valence-corrected chi connectivity index (χ3v) is 9.79. The van der Waals surface area contributed by atoms with Gasteiger partial charge < -0.3 is 19.3 Å². The van der Waals surface area contributed by atoms with Gasteiger partial charge in [0.05, 0.1) is 13.1 Å². The molecule has 0 bridgehead atoms. The molecule has 2 aliphatic rings. The Morgan fingerprint density at radius 2 is 1.45 bits per heavy atom. The maximum Gasteiger partial charge on any atom is 0.270 e. The first kappa shape index (κ1) is 30.9. The number of amides is 2. The highest BCUT2D eigenvalue weighted by Gasteiger charge is 2.30. The van der Waals surface area contributed by atoms with Crippen LogP contribution in [0.1, 0.15) is 44.1 Å². The highest BCUT2D eigenvalue weighted by molar-refractivity contribution is 6.07. The van der Waals surface area contributed by atoms with Crippen molar-refractivity contribution in [3.63, 3.8) is 0 Å². The number of rotatable bonds is 7. The summed E-state index contributed by atoms with van der Waals surface area (Å²) in [6.07, 6.45) is 1.13. The second-order valence-electron chi connectivity index (χ2n) is 13.2. The van der Waals surface area contributed by atoms with Crippen LogP contribution in [0.5, 0.6) is 0 Å². The number of benzene rings is 4. The zero-order valence-electron chi connectivity index (χ0n) is 27.7. The van der Waals surface area contributed by atoms with Gasteiger partial charge in [-0.15, -0.1) is 0 Å². The van der Waals surface area contributed by atoms with Gasteiger partial charge in [-0.3, -0.25) is 14.5 Å². The fourth-order valence-electron chi connectivity index (χ4n) is 7.12. The Labute approximate surface area is 277 Å². The summed E-state index contributed by atoms with van der Waals surface area (Å²) in [5, 5.41) is 2.45. The van der Waals surface area contributed by atoms with Gasteiger partial charge in [0.2, 0.25) is 0 Å². The fourth-order valence-corrected chi connectivity index (χ4v) is 7.12. The van der Waals surface area contributed by atoms with E-state index in [2.05, 4.69) is 90.0 Å². The Bertz CT molecular complexity index is 1920. The van der Waals surface area contributed by atoms with E-state index in [1.807, 2.05) is 52.3 Å². The predicted molar refractivity (Wildman–Crippen MR) is 190 cm³/mol. The van der Waals surface area contributed by atoms with Crippen molar-refractivity contribution in [2.45, 2.75) is 26.4 Å². The topological polar surface area (TPSA) is 52.0 Å². The molecule has 3 heterocycles. The molecule has 7 nitrogen and oxygen atoms in total. The van der Waals surface area contributed by atoms with E-state index in [-0.39, 0.29) is 11.8 Å². The lowest BCUT2D eigenvalue weighted by molar-refractivity contribution is 0.0623. The molecule has 0 saturated carbocycles. The van der Waals surface area contributed by atoms with Crippen molar-refractivity contribution in [2.24, 2.45) is 0 Å². The highest BCUT2D eigenvalue weighted by Crippen LogP contribution is 2.33. The van der Waals surface area contributed by atoms with Crippen LogP contribution in [0.3, 0.4) is 0 Å². The molecular weight excluding hydrogens is 582 g/mol. The summed E-state index contributed by atoms with van der Waals surface area (Å²) in [6.45, 7) is 8.49.